The highest BCUT2D eigenvalue weighted by Crippen LogP contribution is 2.26. The van der Waals surface area contributed by atoms with Gasteiger partial charge in [0.2, 0.25) is 0 Å². The molecule has 0 aliphatic rings. The van der Waals surface area contributed by atoms with Gasteiger partial charge in [0.05, 0.1) is 18.9 Å². The van der Waals surface area contributed by atoms with Gasteiger partial charge in [0.1, 0.15) is 5.75 Å². The normalized spacial score (nSPS) is 10.5. The second-order valence-corrected chi connectivity index (χ2v) is 5.02. The van der Waals surface area contributed by atoms with Crippen LogP contribution in [0, 0.1) is 0 Å². The lowest BCUT2D eigenvalue weighted by atomic mass is 10.0. The van der Waals surface area contributed by atoms with E-state index in [-0.39, 0.29) is 10.9 Å². The summed E-state index contributed by atoms with van der Waals surface area (Å²) in [6.07, 6.45) is 1.40. The van der Waals surface area contributed by atoms with E-state index in [9.17, 15) is 9.90 Å². The summed E-state index contributed by atoms with van der Waals surface area (Å²) in [5.41, 5.74) is 10.2. The van der Waals surface area contributed by atoms with Crippen molar-refractivity contribution in [3.8, 4) is 16.9 Å². The molecule has 0 saturated heterocycles. The van der Waals surface area contributed by atoms with E-state index in [1.165, 1.54) is 13.3 Å². The minimum absolute atomic E-state index is 0.0303. The topological polar surface area (TPSA) is 96.9 Å². The van der Waals surface area contributed by atoms with Crippen LogP contribution in [0.25, 0.3) is 11.1 Å². The van der Waals surface area contributed by atoms with Gasteiger partial charge in [0.25, 0.3) is 0 Å². The molecule has 0 amide bonds. The average Bonchev–Trinajstić information content (AvgIpc) is 2.55. The second-order valence-electron chi connectivity index (χ2n) is 4.58. The minimum atomic E-state index is -0.409. The number of carbonyl (C=O) groups excluding carboxylic acids is 1. The Balaban J connectivity index is 2.35. The molecule has 2 rings (SSSR count). The van der Waals surface area contributed by atoms with Gasteiger partial charge >= 0.3 is 5.97 Å². The summed E-state index contributed by atoms with van der Waals surface area (Å²) in [6.45, 7) is 0. The smallest absolute Gasteiger partial charge is 0.337 e. The lowest BCUT2D eigenvalue weighted by Gasteiger charge is -2.07. The van der Waals surface area contributed by atoms with Crippen molar-refractivity contribution in [1.29, 1.82) is 0 Å². The van der Waals surface area contributed by atoms with Crippen molar-refractivity contribution in [2.45, 2.75) is 0 Å². The van der Waals surface area contributed by atoms with Crippen molar-refractivity contribution in [2.75, 3.05) is 7.11 Å². The largest absolute Gasteiger partial charge is 0.507 e. The molecule has 4 N–H and O–H groups in total. The molecule has 7 heteroatoms. The number of hydrogen-bond acceptors (Lipinski definition) is 5. The van der Waals surface area contributed by atoms with E-state index in [1.54, 1.807) is 36.4 Å². The number of hydrogen-bond donors (Lipinski definition) is 3. The summed E-state index contributed by atoms with van der Waals surface area (Å²) < 4.78 is 4.71. The van der Waals surface area contributed by atoms with E-state index in [1.807, 2.05) is 6.07 Å². The van der Waals surface area contributed by atoms with Gasteiger partial charge in [-0.25, -0.2) is 4.79 Å². The molecule has 0 saturated carbocycles. The van der Waals surface area contributed by atoms with Crippen molar-refractivity contribution in [3.05, 3.63) is 53.6 Å². The zero-order chi connectivity index (χ0) is 16.8. The Labute approximate surface area is 138 Å². The second kappa shape index (κ2) is 7.37. The van der Waals surface area contributed by atoms with E-state index in [0.29, 0.717) is 11.1 Å². The molecular weight excluding hydrogens is 314 g/mol. The number of phenols is 1. The Bertz CT molecular complexity index is 775. The Morgan fingerprint density at radius 2 is 2.04 bits per heavy atom. The first-order valence-electron chi connectivity index (χ1n) is 6.61. The van der Waals surface area contributed by atoms with Crippen molar-refractivity contribution < 1.29 is 14.6 Å². The molecule has 0 radical (unpaired) electrons. The third-order valence-corrected chi connectivity index (χ3v) is 3.11. The maximum Gasteiger partial charge on any atom is 0.337 e. The van der Waals surface area contributed by atoms with Gasteiger partial charge in [-0.2, -0.15) is 5.10 Å². The van der Waals surface area contributed by atoms with Crippen LogP contribution in [-0.4, -0.2) is 29.5 Å². The van der Waals surface area contributed by atoms with Crippen molar-refractivity contribution in [1.82, 2.24) is 5.43 Å². The number of thiocarbonyl (C=S) groups is 1. The maximum absolute atomic E-state index is 11.6. The molecule has 0 unspecified atom stereocenters. The SMILES string of the molecule is COC(=O)c1cccc(-c2ccc(O)c(C=NNC(N)=S)c2)c1. The highest BCUT2D eigenvalue weighted by molar-refractivity contribution is 7.80. The summed E-state index contributed by atoms with van der Waals surface area (Å²) >= 11 is 4.64. The number of nitrogens with one attached hydrogen (secondary N) is 1. The number of nitrogens with two attached hydrogens (primary N) is 1. The summed E-state index contributed by atoms with van der Waals surface area (Å²) in [5, 5.41) is 13.7. The van der Waals surface area contributed by atoms with Crippen molar-refractivity contribution >= 4 is 29.5 Å². The van der Waals surface area contributed by atoms with Crippen LogP contribution >= 0.6 is 12.2 Å². The molecule has 0 aliphatic heterocycles. The number of carbonyl (C=O) groups is 1. The first-order valence-corrected chi connectivity index (χ1v) is 7.02. The van der Waals surface area contributed by atoms with Gasteiger partial charge in [0.15, 0.2) is 5.11 Å². The predicted octanol–water partition coefficient (Wildman–Crippen LogP) is 2.01. The maximum atomic E-state index is 11.6. The van der Waals surface area contributed by atoms with E-state index >= 15 is 0 Å². The molecule has 0 spiro atoms. The summed E-state index contributed by atoms with van der Waals surface area (Å²) in [4.78, 5) is 11.6. The fraction of sp³-hybridized carbons (Fsp3) is 0.0625. The number of hydrazone groups is 1. The lowest BCUT2D eigenvalue weighted by Crippen LogP contribution is -2.23. The van der Waals surface area contributed by atoms with Gasteiger partial charge in [0, 0.05) is 5.56 Å². The van der Waals surface area contributed by atoms with Crippen LogP contribution in [0.5, 0.6) is 5.75 Å². The Morgan fingerprint density at radius 3 is 2.74 bits per heavy atom. The standard InChI is InChI=1S/C16H15N3O3S/c1-22-15(21)12-4-2-3-10(7-12)11-5-6-14(20)13(8-11)9-18-19-16(17)23/h2-9,20H,1H3,(H3,17,19,23). The fourth-order valence-electron chi connectivity index (χ4n) is 1.95. The third-order valence-electron chi connectivity index (χ3n) is 3.02. The zero-order valence-electron chi connectivity index (χ0n) is 12.3. The highest BCUT2D eigenvalue weighted by atomic mass is 32.1. The number of aromatic hydroxyl groups is 1. The highest BCUT2D eigenvalue weighted by Gasteiger charge is 2.08. The van der Waals surface area contributed by atoms with Crippen molar-refractivity contribution in [3.63, 3.8) is 0 Å². The molecule has 118 valence electrons. The lowest BCUT2D eigenvalue weighted by molar-refractivity contribution is 0.0601. The van der Waals surface area contributed by atoms with Crippen LogP contribution in [-0.2, 0) is 4.74 Å². The number of nitrogens with zero attached hydrogens (tertiary/aromatic N) is 1. The number of rotatable bonds is 4. The van der Waals surface area contributed by atoms with Crippen LogP contribution in [0.15, 0.2) is 47.6 Å². The number of methoxy groups -OCH3 is 1. The molecule has 0 aromatic heterocycles. The van der Waals surface area contributed by atoms with Crippen LogP contribution in [0.1, 0.15) is 15.9 Å². The quantitative estimate of drug-likeness (QED) is 0.344. The first kappa shape index (κ1) is 16.4. The number of phenolic OH excluding ortho intramolecular Hbond substituents is 1. The number of benzene rings is 2. The third kappa shape index (κ3) is 4.27. The van der Waals surface area contributed by atoms with Crippen LogP contribution in [0.3, 0.4) is 0 Å². The van der Waals surface area contributed by atoms with E-state index in [2.05, 4.69) is 22.7 Å². The van der Waals surface area contributed by atoms with E-state index < -0.39 is 5.97 Å². The molecular formula is C16H15N3O3S. The average molecular weight is 329 g/mol. The van der Waals surface area contributed by atoms with Gasteiger partial charge < -0.3 is 15.6 Å². The number of esters is 1. The van der Waals surface area contributed by atoms with Gasteiger partial charge in [-0.3, -0.25) is 5.43 Å². The summed E-state index contributed by atoms with van der Waals surface area (Å²) in [7, 11) is 1.33. The monoisotopic (exact) mass is 329 g/mol. The van der Waals surface area contributed by atoms with Crippen LogP contribution < -0.4 is 11.2 Å². The summed E-state index contributed by atoms with van der Waals surface area (Å²) in [6, 6.07) is 12.0. The van der Waals surface area contributed by atoms with Crippen LogP contribution in [0.4, 0.5) is 0 Å². The Hall–Kier alpha value is -2.93. The predicted molar refractivity (Wildman–Crippen MR) is 92.4 cm³/mol. The summed E-state index contributed by atoms with van der Waals surface area (Å²) in [5.74, 6) is -0.348. The van der Waals surface area contributed by atoms with Crippen LogP contribution in [0.2, 0.25) is 0 Å². The number of ether oxygens (including phenoxy) is 1. The first-order chi connectivity index (χ1) is 11.0. The molecule has 0 aliphatic carbocycles. The zero-order valence-corrected chi connectivity index (χ0v) is 13.1. The Morgan fingerprint density at radius 1 is 1.30 bits per heavy atom. The molecule has 2 aromatic rings. The van der Waals surface area contributed by atoms with Gasteiger partial charge in [-0.15, -0.1) is 0 Å². The molecule has 23 heavy (non-hydrogen) atoms. The fourth-order valence-corrected chi connectivity index (χ4v) is 2.00. The molecule has 0 bridgehead atoms. The van der Waals surface area contributed by atoms with Gasteiger partial charge in [-0.05, 0) is 47.6 Å². The van der Waals surface area contributed by atoms with Gasteiger partial charge in [-0.1, -0.05) is 18.2 Å². The molecule has 2 aromatic carbocycles. The van der Waals surface area contributed by atoms with E-state index in [4.69, 9.17) is 10.5 Å². The molecule has 0 fully saturated rings. The van der Waals surface area contributed by atoms with Crippen molar-refractivity contribution in [2.24, 2.45) is 10.8 Å². The molecule has 0 atom stereocenters. The molecule has 6 nitrogen and oxygen atoms in total. The molecule has 0 heterocycles. The Kier molecular flexibility index (Phi) is 5.27. The van der Waals surface area contributed by atoms with E-state index in [0.717, 1.165) is 11.1 Å². The minimum Gasteiger partial charge on any atom is -0.507 e.